The van der Waals surface area contributed by atoms with Crippen LogP contribution in [0.1, 0.15) is 12.8 Å². The second-order valence-electron chi connectivity index (χ2n) is 3.12. The number of carbonyl (C=O) groups is 1. The molecule has 0 radical (unpaired) electrons. The molecule has 5 heteroatoms. The number of hydrogen-bond donors (Lipinski definition) is 1. The smallest absolute Gasteiger partial charge is 0.290 e. The summed E-state index contributed by atoms with van der Waals surface area (Å²) < 4.78 is 0. The van der Waals surface area contributed by atoms with Crippen LogP contribution >= 0.6 is 0 Å². The standard InChI is InChI=1S/C7H9N3O2/c1-8-6-3-2-5-4-9(6)7(11)10(5)12/h5-6,12H,2-4H2/t5-,6+/m1/s1. The molecule has 0 aromatic rings. The van der Waals surface area contributed by atoms with Crippen LogP contribution < -0.4 is 0 Å². The molecule has 0 aliphatic carbocycles. The lowest BCUT2D eigenvalue weighted by Crippen LogP contribution is -2.37. The zero-order valence-corrected chi connectivity index (χ0v) is 6.47. The van der Waals surface area contributed by atoms with E-state index in [4.69, 9.17) is 6.57 Å². The van der Waals surface area contributed by atoms with E-state index in [1.165, 1.54) is 4.90 Å². The number of hydrogen-bond acceptors (Lipinski definition) is 2. The van der Waals surface area contributed by atoms with Gasteiger partial charge in [0.25, 0.3) is 0 Å². The first-order chi connectivity index (χ1) is 5.74. The Morgan fingerprint density at radius 2 is 2.33 bits per heavy atom. The lowest BCUT2D eigenvalue weighted by molar-refractivity contribution is -0.0583. The highest BCUT2D eigenvalue weighted by Crippen LogP contribution is 2.28. The van der Waals surface area contributed by atoms with Crippen molar-refractivity contribution in [1.29, 1.82) is 0 Å². The third-order valence-corrected chi connectivity index (χ3v) is 2.46. The molecular formula is C7H9N3O2. The van der Waals surface area contributed by atoms with Gasteiger partial charge in [-0.05, 0) is 6.42 Å². The van der Waals surface area contributed by atoms with E-state index in [1.807, 2.05) is 0 Å². The van der Waals surface area contributed by atoms with E-state index < -0.39 is 6.03 Å². The Morgan fingerprint density at radius 3 is 3.00 bits per heavy atom. The topological polar surface area (TPSA) is 48.1 Å². The third kappa shape index (κ3) is 0.786. The lowest BCUT2D eigenvalue weighted by Gasteiger charge is -2.20. The predicted octanol–water partition coefficient (Wildman–Crippen LogP) is 0.521. The summed E-state index contributed by atoms with van der Waals surface area (Å²) in [5, 5.41) is 9.98. The van der Waals surface area contributed by atoms with Crippen molar-refractivity contribution in [3.05, 3.63) is 11.4 Å². The van der Waals surface area contributed by atoms with E-state index in [0.717, 1.165) is 11.5 Å². The molecule has 12 heavy (non-hydrogen) atoms. The molecule has 0 spiro atoms. The Balaban J connectivity index is 2.24. The minimum absolute atomic E-state index is 0.0875. The Kier molecular flexibility index (Phi) is 1.45. The summed E-state index contributed by atoms with van der Waals surface area (Å²) in [6.45, 7) is 7.34. The number of carbonyl (C=O) groups excluding carboxylic acids is 1. The average molecular weight is 167 g/mol. The van der Waals surface area contributed by atoms with Gasteiger partial charge in [-0.1, -0.05) is 0 Å². The molecule has 2 amide bonds. The average Bonchev–Trinajstić information content (AvgIpc) is 2.33. The van der Waals surface area contributed by atoms with Gasteiger partial charge in [-0.2, -0.15) is 0 Å². The van der Waals surface area contributed by atoms with Crippen LogP contribution in [0.4, 0.5) is 4.79 Å². The van der Waals surface area contributed by atoms with Crippen molar-refractivity contribution in [2.45, 2.75) is 25.0 Å². The number of amides is 2. The van der Waals surface area contributed by atoms with E-state index in [9.17, 15) is 10.0 Å². The maximum atomic E-state index is 11.2. The van der Waals surface area contributed by atoms with Crippen molar-refractivity contribution in [1.82, 2.24) is 9.96 Å². The fourth-order valence-corrected chi connectivity index (χ4v) is 1.76. The molecule has 2 fully saturated rings. The van der Waals surface area contributed by atoms with Crippen molar-refractivity contribution in [2.75, 3.05) is 6.54 Å². The van der Waals surface area contributed by atoms with E-state index >= 15 is 0 Å². The molecule has 2 aliphatic rings. The fraction of sp³-hybridized carbons (Fsp3) is 0.714. The first-order valence-electron chi connectivity index (χ1n) is 3.89. The molecule has 2 atom stereocenters. The van der Waals surface area contributed by atoms with Crippen LogP contribution in [0, 0.1) is 6.57 Å². The number of fused-ring (bicyclic) bond motifs is 2. The summed E-state index contributed by atoms with van der Waals surface area (Å²) in [6.07, 6.45) is 1.05. The Bertz CT molecular complexity index is 260. The Morgan fingerprint density at radius 1 is 1.58 bits per heavy atom. The number of piperidine rings is 1. The van der Waals surface area contributed by atoms with Crippen LogP contribution in [0.2, 0.25) is 0 Å². The van der Waals surface area contributed by atoms with Gasteiger partial charge in [0.1, 0.15) is 0 Å². The Labute approximate surface area is 69.9 Å². The largest absolute Gasteiger partial charge is 0.349 e. The molecule has 2 heterocycles. The zero-order chi connectivity index (χ0) is 8.72. The van der Waals surface area contributed by atoms with Crippen LogP contribution in [0.15, 0.2) is 0 Å². The number of rotatable bonds is 0. The predicted molar refractivity (Wildman–Crippen MR) is 39.1 cm³/mol. The summed E-state index contributed by atoms with van der Waals surface area (Å²) in [5.74, 6) is 0. The molecule has 1 N–H and O–H groups in total. The summed E-state index contributed by atoms with van der Waals surface area (Å²) >= 11 is 0. The van der Waals surface area contributed by atoms with Crippen molar-refractivity contribution in [2.24, 2.45) is 0 Å². The minimum Gasteiger partial charge on any atom is -0.290 e. The molecule has 0 aromatic carbocycles. The van der Waals surface area contributed by atoms with Gasteiger partial charge in [-0.15, -0.1) is 0 Å². The normalized spacial score (nSPS) is 33.8. The van der Waals surface area contributed by atoms with Crippen LogP contribution in [0.5, 0.6) is 0 Å². The minimum atomic E-state index is -0.418. The lowest BCUT2D eigenvalue weighted by atomic mass is 10.1. The van der Waals surface area contributed by atoms with E-state index in [0.29, 0.717) is 13.0 Å². The van der Waals surface area contributed by atoms with Crippen LogP contribution in [-0.4, -0.2) is 40.0 Å². The van der Waals surface area contributed by atoms with Crippen LogP contribution in [0.25, 0.3) is 4.85 Å². The van der Waals surface area contributed by atoms with Crippen molar-refractivity contribution in [3.63, 3.8) is 0 Å². The molecular weight excluding hydrogens is 158 g/mol. The van der Waals surface area contributed by atoms with Crippen molar-refractivity contribution < 1.29 is 10.0 Å². The maximum Gasteiger partial charge on any atom is 0.349 e. The van der Waals surface area contributed by atoms with E-state index in [-0.39, 0.29) is 12.2 Å². The third-order valence-electron chi connectivity index (χ3n) is 2.46. The van der Waals surface area contributed by atoms with Gasteiger partial charge in [-0.3, -0.25) is 15.0 Å². The highest BCUT2D eigenvalue weighted by molar-refractivity contribution is 5.76. The second kappa shape index (κ2) is 2.35. The summed E-state index contributed by atoms with van der Waals surface area (Å²) in [7, 11) is 0. The van der Waals surface area contributed by atoms with Gasteiger partial charge in [0.2, 0.25) is 0 Å². The molecule has 2 rings (SSSR count). The quantitative estimate of drug-likeness (QED) is 0.422. The molecule has 5 nitrogen and oxygen atoms in total. The first kappa shape index (κ1) is 7.37. The molecule has 2 bridgehead atoms. The van der Waals surface area contributed by atoms with Crippen LogP contribution in [0.3, 0.4) is 0 Å². The first-order valence-corrected chi connectivity index (χ1v) is 3.89. The van der Waals surface area contributed by atoms with Crippen LogP contribution in [-0.2, 0) is 0 Å². The van der Waals surface area contributed by atoms with Gasteiger partial charge in [0, 0.05) is 6.42 Å². The molecule has 2 saturated heterocycles. The maximum absolute atomic E-state index is 11.2. The van der Waals surface area contributed by atoms with Crippen molar-refractivity contribution in [3.8, 4) is 0 Å². The van der Waals surface area contributed by atoms with Gasteiger partial charge < -0.3 is 0 Å². The molecule has 0 unspecified atom stereocenters. The molecule has 2 aliphatic heterocycles. The highest BCUT2D eigenvalue weighted by Gasteiger charge is 2.47. The van der Waals surface area contributed by atoms with Gasteiger partial charge >= 0.3 is 12.2 Å². The molecule has 0 saturated carbocycles. The molecule has 0 aromatic heterocycles. The number of nitrogens with zero attached hydrogens (tertiary/aromatic N) is 3. The monoisotopic (exact) mass is 167 g/mol. The highest BCUT2D eigenvalue weighted by atomic mass is 16.5. The summed E-state index contributed by atoms with van der Waals surface area (Å²) in [5.41, 5.74) is 0. The summed E-state index contributed by atoms with van der Waals surface area (Å²) in [6, 6.07) is -0.506. The SMILES string of the molecule is [C-]#[N+][C@@H]1CC[C@@H]2CN1C(=O)N2O. The fourth-order valence-electron chi connectivity index (χ4n) is 1.76. The van der Waals surface area contributed by atoms with Crippen molar-refractivity contribution >= 4 is 6.03 Å². The van der Waals surface area contributed by atoms with E-state index in [1.54, 1.807) is 0 Å². The van der Waals surface area contributed by atoms with Gasteiger partial charge in [0.15, 0.2) is 0 Å². The zero-order valence-electron chi connectivity index (χ0n) is 6.47. The summed E-state index contributed by atoms with van der Waals surface area (Å²) in [4.78, 5) is 16.0. The van der Waals surface area contributed by atoms with Gasteiger partial charge in [-0.25, -0.2) is 16.4 Å². The number of hydroxylamine groups is 2. The van der Waals surface area contributed by atoms with Gasteiger partial charge in [0.05, 0.1) is 12.6 Å². The molecule has 64 valence electrons. The Hall–Kier alpha value is -1.28. The number of urea groups is 1. The van der Waals surface area contributed by atoms with E-state index in [2.05, 4.69) is 4.85 Å². The second-order valence-corrected chi connectivity index (χ2v) is 3.12.